The van der Waals surface area contributed by atoms with Gasteiger partial charge in [-0.25, -0.2) is 18.6 Å². The number of fused-ring (bicyclic) bond motifs is 1. The Labute approximate surface area is 174 Å². The quantitative estimate of drug-likeness (QED) is 0.596. The molecule has 2 heterocycles. The van der Waals surface area contributed by atoms with E-state index in [0.717, 1.165) is 27.7 Å². The third-order valence-electron chi connectivity index (χ3n) is 4.82. The number of imidazole rings is 1. The lowest BCUT2D eigenvalue weighted by Crippen LogP contribution is -2.41. The van der Waals surface area contributed by atoms with Crippen molar-refractivity contribution >= 4 is 28.7 Å². The zero-order chi connectivity index (χ0) is 22.9. The summed E-state index contributed by atoms with van der Waals surface area (Å²) >= 11 is 0. The van der Waals surface area contributed by atoms with Crippen molar-refractivity contribution in [1.82, 2.24) is 23.6 Å². The fourth-order valence-corrected chi connectivity index (χ4v) is 3.11. The number of halogens is 2. The lowest BCUT2D eigenvalue weighted by molar-refractivity contribution is -0.135. The fourth-order valence-electron chi connectivity index (χ4n) is 3.11. The van der Waals surface area contributed by atoms with Crippen molar-refractivity contribution in [3.05, 3.63) is 57.0 Å². The number of aryl methyl sites for hydroxylation is 1. The van der Waals surface area contributed by atoms with Gasteiger partial charge in [0.05, 0.1) is 12.9 Å². The highest BCUT2D eigenvalue weighted by Crippen LogP contribution is 2.17. The number of aromatic nitrogens is 4. The van der Waals surface area contributed by atoms with E-state index in [1.165, 1.54) is 29.6 Å². The van der Waals surface area contributed by atoms with Crippen LogP contribution in [0.2, 0.25) is 0 Å². The Balaban J connectivity index is 1.80. The van der Waals surface area contributed by atoms with Crippen molar-refractivity contribution in [3.8, 4) is 0 Å². The van der Waals surface area contributed by atoms with Crippen molar-refractivity contribution in [1.29, 1.82) is 0 Å². The van der Waals surface area contributed by atoms with E-state index in [1.54, 1.807) is 6.92 Å². The molecule has 0 spiro atoms. The summed E-state index contributed by atoms with van der Waals surface area (Å²) in [5.41, 5.74) is -1.58. The number of hydrogen-bond donors (Lipinski definition) is 1. The van der Waals surface area contributed by atoms with E-state index in [4.69, 9.17) is 0 Å². The number of benzene rings is 1. The zero-order valence-electron chi connectivity index (χ0n) is 17.1. The number of anilines is 1. The highest BCUT2D eigenvalue weighted by molar-refractivity contribution is 5.94. The van der Waals surface area contributed by atoms with Crippen molar-refractivity contribution in [2.75, 3.05) is 18.4 Å². The van der Waals surface area contributed by atoms with Crippen LogP contribution in [0.3, 0.4) is 0 Å². The molecule has 12 heteroatoms. The minimum atomic E-state index is -0.936. The second-order valence-electron chi connectivity index (χ2n) is 6.80. The smallest absolute Gasteiger partial charge is 0.332 e. The van der Waals surface area contributed by atoms with Crippen molar-refractivity contribution < 1.29 is 18.4 Å². The average Bonchev–Trinajstić information content (AvgIpc) is 3.15. The summed E-state index contributed by atoms with van der Waals surface area (Å²) in [5.74, 6) is -3.18. The predicted molar refractivity (Wildman–Crippen MR) is 107 cm³/mol. The number of amides is 2. The van der Waals surface area contributed by atoms with Gasteiger partial charge in [0.25, 0.3) is 5.56 Å². The fraction of sp³-hybridized carbons (Fsp3) is 0.316. The number of rotatable bonds is 6. The minimum absolute atomic E-state index is 0.0619. The van der Waals surface area contributed by atoms with Gasteiger partial charge >= 0.3 is 5.69 Å². The van der Waals surface area contributed by atoms with Crippen LogP contribution in [0.1, 0.15) is 6.92 Å². The first-order valence-electron chi connectivity index (χ1n) is 9.28. The van der Waals surface area contributed by atoms with Gasteiger partial charge in [-0.15, -0.1) is 0 Å². The molecular formula is C19H20F2N6O4. The molecule has 0 fully saturated rings. The molecule has 2 aromatic heterocycles. The van der Waals surface area contributed by atoms with Crippen LogP contribution in [0, 0.1) is 11.6 Å². The van der Waals surface area contributed by atoms with Gasteiger partial charge in [-0.1, -0.05) is 6.07 Å². The molecule has 0 unspecified atom stereocenters. The summed E-state index contributed by atoms with van der Waals surface area (Å²) in [5, 5.41) is 2.12. The maximum Gasteiger partial charge on any atom is 0.332 e. The van der Waals surface area contributed by atoms with E-state index < -0.39 is 46.9 Å². The summed E-state index contributed by atoms with van der Waals surface area (Å²) in [6.45, 7) is 0.990. The lowest BCUT2D eigenvalue weighted by Gasteiger charge is -2.21. The molecule has 0 atom stereocenters. The molecule has 0 saturated carbocycles. The second kappa shape index (κ2) is 8.50. The predicted octanol–water partition coefficient (Wildman–Crippen LogP) is 0.199. The number of likely N-dealkylation sites (N-methyl/N-ethyl adjacent to an activating group) is 1. The van der Waals surface area contributed by atoms with Crippen molar-refractivity contribution in [2.45, 2.75) is 13.5 Å². The van der Waals surface area contributed by atoms with Crippen LogP contribution in [0.4, 0.5) is 14.5 Å². The van der Waals surface area contributed by atoms with E-state index >= 15 is 0 Å². The summed E-state index contributed by atoms with van der Waals surface area (Å²) < 4.78 is 30.8. The topological polar surface area (TPSA) is 111 Å². The SMILES string of the molecule is CCN(CC(=O)Nc1c(F)cccc1F)C(=O)Cn1cnc2c1c(=O)n(C)c(=O)n2C. The van der Waals surface area contributed by atoms with E-state index in [2.05, 4.69) is 10.3 Å². The molecule has 0 aliphatic carbocycles. The molecule has 0 bridgehead atoms. The van der Waals surface area contributed by atoms with Crippen LogP contribution in [0.25, 0.3) is 11.2 Å². The molecule has 0 saturated heterocycles. The Kier molecular flexibility index (Phi) is 5.99. The zero-order valence-corrected chi connectivity index (χ0v) is 17.1. The Bertz CT molecular complexity index is 1270. The number of carbonyl (C=O) groups is 2. The lowest BCUT2D eigenvalue weighted by atomic mass is 10.3. The second-order valence-corrected chi connectivity index (χ2v) is 6.80. The van der Waals surface area contributed by atoms with Gasteiger partial charge in [-0.2, -0.15) is 0 Å². The molecule has 0 aliphatic heterocycles. The normalized spacial score (nSPS) is 11.0. The highest BCUT2D eigenvalue weighted by Gasteiger charge is 2.21. The molecule has 3 rings (SSSR count). The molecule has 1 aromatic carbocycles. The standard InChI is InChI=1S/C19H20F2N6O4/c1-4-26(8-13(28)23-15-11(20)6-5-7-12(15)21)14(29)9-27-10-22-17-16(27)18(30)25(3)19(31)24(17)2/h5-7,10H,4,8-9H2,1-3H3,(H,23,28). The summed E-state index contributed by atoms with van der Waals surface area (Å²) in [4.78, 5) is 54.6. The van der Waals surface area contributed by atoms with E-state index in [1.807, 2.05) is 0 Å². The number of hydrogen-bond acceptors (Lipinski definition) is 5. The molecule has 10 nitrogen and oxygen atoms in total. The first-order valence-corrected chi connectivity index (χ1v) is 9.28. The average molecular weight is 434 g/mol. The molecule has 31 heavy (non-hydrogen) atoms. The summed E-state index contributed by atoms with van der Waals surface area (Å²) in [6, 6.07) is 3.16. The van der Waals surface area contributed by atoms with Gasteiger partial charge < -0.3 is 14.8 Å². The van der Waals surface area contributed by atoms with Gasteiger partial charge in [-0.3, -0.25) is 23.5 Å². The highest BCUT2D eigenvalue weighted by atomic mass is 19.1. The Morgan fingerprint density at radius 2 is 1.77 bits per heavy atom. The number of nitrogens with zero attached hydrogens (tertiary/aromatic N) is 5. The van der Waals surface area contributed by atoms with E-state index in [-0.39, 0.29) is 24.3 Å². The van der Waals surface area contributed by atoms with Gasteiger partial charge in [0.1, 0.15) is 23.9 Å². The molecular weight excluding hydrogens is 414 g/mol. The van der Waals surface area contributed by atoms with Crippen molar-refractivity contribution in [3.63, 3.8) is 0 Å². The molecule has 3 aromatic rings. The molecule has 2 amide bonds. The van der Waals surface area contributed by atoms with E-state index in [0.29, 0.717) is 0 Å². The van der Waals surface area contributed by atoms with Gasteiger partial charge in [0.2, 0.25) is 11.8 Å². The maximum atomic E-state index is 13.7. The molecule has 1 N–H and O–H groups in total. The Morgan fingerprint density at radius 3 is 2.39 bits per heavy atom. The van der Waals surface area contributed by atoms with Crippen LogP contribution in [0.15, 0.2) is 34.1 Å². The van der Waals surface area contributed by atoms with Gasteiger partial charge in [0, 0.05) is 20.6 Å². The van der Waals surface area contributed by atoms with Crippen LogP contribution >= 0.6 is 0 Å². The number of nitrogens with one attached hydrogen (secondary N) is 1. The first kappa shape index (κ1) is 21.9. The van der Waals surface area contributed by atoms with Crippen LogP contribution in [0.5, 0.6) is 0 Å². The van der Waals surface area contributed by atoms with E-state index in [9.17, 15) is 28.0 Å². The molecule has 164 valence electrons. The van der Waals surface area contributed by atoms with Crippen LogP contribution in [-0.4, -0.2) is 48.5 Å². The number of carbonyl (C=O) groups excluding carboxylic acids is 2. The summed E-state index contributed by atoms with van der Waals surface area (Å²) in [7, 11) is 2.77. The van der Waals surface area contributed by atoms with Crippen LogP contribution in [-0.2, 0) is 30.2 Å². The largest absolute Gasteiger partial charge is 0.332 e. The monoisotopic (exact) mass is 434 g/mol. The maximum absolute atomic E-state index is 13.7. The molecule has 0 radical (unpaired) electrons. The number of para-hydroxylation sites is 1. The Morgan fingerprint density at radius 1 is 1.13 bits per heavy atom. The first-order chi connectivity index (χ1) is 14.6. The summed E-state index contributed by atoms with van der Waals surface area (Å²) in [6.07, 6.45) is 1.26. The van der Waals surface area contributed by atoms with Crippen molar-refractivity contribution in [2.24, 2.45) is 14.1 Å². The molecule has 0 aliphatic rings. The Hall–Kier alpha value is -3.83. The van der Waals surface area contributed by atoms with Gasteiger partial charge in [0.15, 0.2) is 11.2 Å². The third kappa shape index (κ3) is 4.09. The van der Waals surface area contributed by atoms with Crippen LogP contribution < -0.4 is 16.6 Å². The third-order valence-corrected chi connectivity index (χ3v) is 4.82. The van der Waals surface area contributed by atoms with Gasteiger partial charge in [-0.05, 0) is 19.1 Å². The minimum Gasteiger partial charge on any atom is -0.332 e.